The predicted molar refractivity (Wildman–Crippen MR) is 73.6 cm³/mol. The van der Waals surface area contributed by atoms with E-state index in [2.05, 4.69) is 26.8 Å². The van der Waals surface area contributed by atoms with Crippen molar-refractivity contribution in [3.63, 3.8) is 0 Å². The van der Waals surface area contributed by atoms with E-state index >= 15 is 0 Å². The van der Waals surface area contributed by atoms with E-state index in [1.54, 1.807) is 0 Å². The maximum absolute atomic E-state index is 9.58. The first kappa shape index (κ1) is 14.6. The number of unbranched alkanes of at least 4 members (excludes halogenated alkanes) is 1. The molecular weight excluding hydrogens is 206 g/mol. The molecule has 17 heavy (non-hydrogen) atoms. The first-order chi connectivity index (χ1) is 8.15. The van der Waals surface area contributed by atoms with Gasteiger partial charge < -0.3 is 0 Å². The van der Waals surface area contributed by atoms with Gasteiger partial charge in [0.15, 0.2) is 0 Å². The van der Waals surface area contributed by atoms with Crippen LogP contribution in [0.5, 0.6) is 0 Å². The van der Waals surface area contributed by atoms with E-state index in [1.165, 1.54) is 38.5 Å². The zero-order valence-electron chi connectivity index (χ0n) is 12.0. The topological polar surface area (TPSA) is 23.8 Å². The molecule has 1 fully saturated rings. The van der Waals surface area contributed by atoms with E-state index in [-0.39, 0.29) is 5.41 Å². The fourth-order valence-electron chi connectivity index (χ4n) is 3.49. The van der Waals surface area contributed by atoms with Crippen molar-refractivity contribution in [1.29, 1.82) is 5.26 Å². The summed E-state index contributed by atoms with van der Waals surface area (Å²) in [6, 6.07) is 2.69. The summed E-state index contributed by atoms with van der Waals surface area (Å²) in [6.07, 6.45) is 11.2. The maximum Gasteiger partial charge on any atom is 0.0689 e. The van der Waals surface area contributed by atoms with Gasteiger partial charge in [-0.2, -0.15) is 5.26 Å². The average Bonchev–Trinajstić information content (AvgIpc) is 2.34. The van der Waals surface area contributed by atoms with Gasteiger partial charge in [-0.05, 0) is 31.1 Å². The third-order valence-electron chi connectivity index (χ3n) is 4.55. The molecule has 1 rings (SSSR count). The lowest BCUT2D eigenvalue weighted by Crippen LogP contribution is -2.28. The highest BCUT2D eigenvalue weighted by Gasteiger charge is 2.36. The second-order valence-electron chi connectivity index (χ2n) is 6.21. The van der Waals surface area contributed by atoms with E-state index < -0.39 is 0 Å². The summed E-state index contributed by atoms with van der Waals surface area (Å²) in [5, 5.41) is 9.58. The minimum absolute atomic E-state index is 0.0199. The van der Waals surface area contributed by atoms with Gasteiger partial charge in [0, 0.05) is 0 Å². The van der Waals surface area contributed by atoms with Crippen LogP contribution in [0.3, 0.4) is 0 Å². The highest BCUT2D eigenvalue weighted by atomic mass is 14.4. The van der Waals surface area contributed by atoms with Gasteiger partial charge in [0.1, 0.15) is 0 Å². The number of nitriles is 1. The molecule has 1 aliphatic rings. The Morgan fingerprint density at radius 2 is 2.18 bits per heavy atom. The molecule has 0 bridgehead atoms. The standard InChI is InChI=1S/C16H29N/c1-4-6-9-15(5-2)12-16(13-17)10-7-8-14(3)11-16/h14-15H,4-12H2,1-3H3. The Bertz CT molecular complexity index is 253. The summed E-state index contributed by atoms with van der Waals surface area (Å²) in [7, 11) is 0. The zero-order chi connectivity index (χ0) is 12.7. The SMILES string of the molecule is CCCCC(CC)CC1(C#N)CCCC(C)C1. The molecule has 0 aromatic heterocycles. The molecule has 0 heterocycles. The molecule has 1 nitrogen and oxygen atoms in total. The molecular formula is C16H29N. The van der Waals surface area contributed by atoms with Crippen LogP contribution in [0.2, 0.25) is 0 Å². The molecule has 0 spiro atoms. The Kier molecular flexibility index (Phi) is 6.03. The van der Waals surface area contributed by atoms with Crippen LogP contribution in [0.4, 0.5) is 0 Å². The van der Waals surface area contributed by atoms with Gasteiger partial charge in [-0.1, -0.05) is 59.3 Å². The lowest BCUT2D eigenvalue weighted by molar-refractivity contribution is 0.162. The molecule has 1 heteroatoms. The first-order valence-electron chi connectivity index (χ1n) is 7.57. The molecule has 3 atom stereocenters. The Morgan fingerprint density at radius 1 is 1.41 bits per heavy atom. The van der Waals surface area contributed by atoms with Crippen LogP contribution in [-0.2, 0) is 0 Å². The summed E-state index contributed by atoms with van der Waals surface area (Å²) in [6.45, 7) is 6.87. The summed E-state index contributed by atoms with van der Waals surface area (Å²) in [5.41, 5.74) is 0.0199. The number of hydrogen-bond acceptors (Lipinski definition) is 1. The monoisotopic (exact) mass is 235 g/mol. The third-order valence-corrected chi connectivity index (χ3v) is 4.55. The second kappa shape index (κ2) is 7.04. The smallest absolute Gasteiger partial charge is 0.0689 e. The minimum atomic E-state index is 0.0199. The summed E-state index contributed by atoms with van der Waals surface area (Å²) < 4.78 is 0. The van der Waals surface area contributed by atoms with Gasteiger partial charge >= 0.3 is 0 Å². The third kappa shape index (κ3) is 4.34. The Balaban J connectivity index is 2.57. The zero-order valence-corrected chi connectivity index (χ0v) is 12.0. The largest absolute Gasteiger partial charge is 0.198 e. The number of nitrogens with zero attached hydrogens (tertiary/aromatic N) is 1. The van der Waals surface area contributed by atoms with Crippen LogP contribution >= 0.6 is 0 Å². The first-order valence-corrected chi connectivity index (χ1v) is 7.57. The van der Waals surface area contributed by atoms with Gasteiger partial charge in [0.05, 0.1) is 11.5 Å². The van der Waals surface area contributed by atoms with Crippen molar-refractivity contribution >= 4 is 0 Å². The maximum atomic E-state index is 9.58. The van der Waals surface area contributed by atoms with Gasteiger partial charge in [0.25, 0.3) is 0 Å². The van der Waals surface area contributed by atoms with Crippen LogP contribution in [0.1, 0.15) is 78.6 Å². The fraction of sp³-hybridized carbons (Fsp3) is 0.938. The van der Waals surface area contributed by atoms with Crippen molar-refractivity contribution in [2.45, 2.75) is 78.6 Å². The molecule has 0 aromatic rings. The van der Waals surface area contributed by atoms with Crippen molar-refractivity contribution in [2.75, 3.05) is 0 Å². The Hall–Kier alpha value is -0.510. The molecule has 1 saturated carbocycles. The summed E-state index contributed by atoms with van der Waals surface area (Å²) in [4.78, 5) is 0. The lowest BCUT2D eigenvalue weighted by Gasteiger charge is -2.36. The van der Waals surface area contributed by atoms with Crippen LogP contribution in [0.15, 0.2) is 0 Å². The van der Waals surface area contributed by atoms with Crippen molar-refractivity contribution in [1.82, 2.24) is 0 Å². The normalized spacial score (nSPS) is 30.8. The van der Waals surface area contributed by atoms with E-state index in [9.17, 15) is 5.26 Å². The van der Waals surface area contributed by atoms with Crippen molar-refractivity contribution < 1.29 is 0 Å². The fourth-order valence-corrected chi connectivity index (χ4v) is 3.49. The predicted octanol–water partition coefficient (Wildman–Crippen LogP) is 5.31. The summed E-state index contributed by atoms with van der Waals surface area (Å²) >= 11 is 0. The molecule has 0 amide bonds. The van der Waals surface area contributed by atoms with Crippen molar-refractivity contribution in [3.05, 3.63) is 0 Å². The molecule has 0 aromatic carbocycles. The van der Waals surface area contributed by atoms with Gasteiger partial charge in [-0.3, -0.25) is 0 Å². The van der Waals surface area contributed by atoms with Crippen molar-refractivity contribution in [2.24, 2.45) is 17.3 Å². The molecule has 0 radical (unpaired) electrons. The van der Waals surface area contributed by atoms with Gasteiger partial charge in [-0.15, -0.1) is 0 Å². The molecule has 0 saturated heterocycles. The van der Waals surface area contributed by atoms with Crippen LogP contribution in [0.25, 0.3) is 0 Å². The number of hydrogen-bond donors (Lipinski definition) is 0. The van der Waals surface area contributed by atoms with E-state index in [1.807, 2.05) is 0 Å². The van der Waals surface area contributed by atoms with Gasteiger partial charge in [-0.25, -0.2) is 0 Å². The molecule has 1 aliphatic carbocycles. The van der Waals surface area contributed by atoms with Gasteiger partial charge in [0.2, 0.25) is 0 Å². The molecule has 0 N–H and O–H groups in total. The van der Waals surface area contributed by atoms with Crippen LogP contribution < -0.4 is 0 Å². The van der Waals surface area contributed by atoms with Crippen LogP contribution in [-0.4, -0.2) is 0 Å². The number of rotatable bonds is 6. The highest BCUT2D eigenvalue weighted by Crippen LogP contribution is 2.44. The van der Waals surface area contributed by atoms with E-state index in [0.29, 0.717) is 0 Å². The van der Waals surface area contributed by atoms with E-state index in [0.717, 1.165) is 31.1 Å². The Morgan fingerprint density at radius 3 is 2.71 bits per heavy atom. The average molecular weight is 235 g/mol. The molecule has 98 valence electrons. The Labute approximate surface area is 108 Å². The van der Waals surface area contributed by atoms with Crippen molar-refractivity contribution in [3.8, 4) is 6.07 Å². The van der Waals surface area contributed by atoms with Crippen LogP contribution in [0, 0.1) is 28.6 Å². The lowest BCUT2D eigenvalue weighted by atomic mass is 9.66. The minimum Gasteiger partial charge on any atom is -0.198 e. The molecule has 3 unspecified atom stereocenters. The molecule has 0 aliphatic heterocycles. The summed E-state index contributed by atoms with van der Waals surface area (Å²) in [5.74, 6) is 1.53. The highest BCUT2D eigenvalue weighted by molar-refractivity contribution is 5.02. The quantitative estimate of drug-likeness (QED) is 0.611. The second-order valence-corrected chi connectivity index (χ2v) is 6.21. The van der Waals surface area contributed by atoms with E-state index in [4.69, 9.17) is 0 Å².